The van der Waals surface area contributed by atoms with E-state index in [1.807, 2.05) is 71.4 Å². The Bertz CT molecular complexity index is 1600. The van der Waals surface area contributed by atoms with Gasteiger partial charge in [0.05, 0.1) is 17.5 Å². The number of aromatic nitrogens is 2. The third kappa shape index (κ3) is 5.02. The molecule has 0 saturated heterocycles. The Morgan fingerprint density at radius 2 is 1.89 bits per heavy atom. The van der Waals surface area contributed by atoms with E-state index in [0.717, 1.165) is 23.2 Å². The molecule has 0 amide bonds. The van der Waals surface area contributed by atoms with E-state index in [0.29, 0.717) is 34.2 Å². The summed E-state index contributed by atoms with van der Waals surface area (Å²) in [6.07, 6.45) is 8.42. The molecule has 0 unspecified atom stereocenters. The average molecular weight is 491 g/mol. The summed E-state index contributed by atoms with van der Waals surface area (Å²) >= 11 is 0. The monoisotopic (exact) mass is 490 g/mol. The number of nitrogens with zero attached hydrogens (tertiary/aromatic N) is 2. The normalized spacial score (nSPS) is 13.0. The quantitative estimate of drug-likeness (QED) is 0.194. The van der Waals surface area contributed by atoms with Crippen molar-refractivity contribution in [1.29, 1.82) is 5.41 Å². The van der Waals surface area contributed by atoms with Crippen molar-refractivity contribution in [3.05, 3.63) is 107 Å². The van der Waals surface area contributed by atoms with Crippen LogP contribution in [-0.4, -0.2) is 15.4 Å². The molecule has 3 aromatic carbocycles. The third-order valence-corrected chi connectivity index (χ3v) is 6.49. The molecule has 0 radical (unpaired) electrons. The average Bonchev–Trinajstić information content (AvgIpc) is 3.56. The fourth-order valence-electron chi connectivity index (χ4n) is 4.34. The molecule has 2 N–H and O–H groups in total. The third-order valence-electron chi connectivity index (χ3n) is 6.49. The van der Waals surface area contributed by atoms with E-state index in [1.54, 1.807) is 24.7 Å². The largest absolute Gasteiger partial charge is 0.481 e. The number of ether oxygens (including phenoxy) is 1. The number of benzene rings is 3. The summed E-state index contributed by atoms with van der Waals surface area (Å²) in [5, 5.41) is 11.8. The van der Waals surface area contributed by atoms with Gasteiger partial charge in [0.2, 0.25) is 11.2 Å². The Labute approximate surface area is 213 Å². The highest BCUT2D eigenvalue weighted by Crippen LogP contribution is 2.34. The highest BCUT2D eigenvalue weighted by molar-refractivity contribution is 5.95. The summed E-state index contributed by atoms with van der Waals surface area (Å²) in [4.78, 5) is 17.8. The van der Waals surface area contributed by atoms with Crippen molar-refractivity contribution in [2.45, 2.75) is 25.9 Å². The van der Waals surface area contributed by atoms with Crippen molar-refractivity contribution < 1.29 is 9.15 Å². The topological polar surface area (TPSA) is 93.1 Å². The summed E-state index contributed by atoms with van der Waals surface area (Å²) < 4.78 is 14.3. The number of nitrogens with one attached hydrogen (secondary N) is 2. The number of amidine groups is 1. The van der Waals surface area contributed by atoms with Gasteiger partial charge in [0, 0.05) is 35.8 Å². The fourth-order valence-corrected chi connectivity index (χ4v) is 4.34. The van der Waals surface area contributed by atoms with Crippen LogP contribution in [0, 0.1) is 11.3 Å². The number of hydrogen-bond donors (Lipinski definition) is 2. The fraction of sp³-hybridized carbons (Fsp3) is 0.167. The van der Waals surface area contributed by atoms with Gasteiger partial charge in [-0.3, -0.25) is 10.2 Å². The lowest BCUT2D eigenvalue weighted by Crippen LogP contribution is -2.13. The first kappa shape index (κ1) is 22.8. The van der Waals surface area contributed by atoms with Crippen LogP contribution in [0.2, 0.25) is 0 Å². The van der Waals surface area contributed by atoms with E-state index >= 15 is 0 Å². The van der Waals surface area contributed by atoms with Gasteiger partial charge >= 0.3 is 0 Å². The van der Waals surface area contributed by atoms with Crippen LogP contribution < -0.4 is 15.5 Å². The van der Waals surface area contributed by atoms with Gasteiger partial charge in [-0.1, -0.05) is 30.3 Å². The second-order valence-corrected chi connectivity index (χ2v) is 9.34. The van der Waals surface area contributed by atoms with Gasteiger partial charge in [0.25, 0.3) is 0 Å². The first-order valence-corrected chi connectivity index (χ1v) is 12.3. The summed E-state index contributed by atoms with van der Waals surface area (Å²) in [5.74, 6) is 1.61. The van der Waals surface area contributed by atoms with Crippen molar-refractivity contribution in [2.24, 2.45) is 5.92 Å². The van der Waals surface area contributed by atoms with Gasteiger partial charge in [-0.25, -0.2) is 4.98 Å². The lowest BCUT2D eigenvalue weighted by Gasteiger charge is -2.13. The lowest BCUT2D eigenvalue weighted by atomic mass is 10.1. The standard InChI is InChI=1S/C30H26N4O3/c31-27(16-20-6-7-20)33-23-10-13-26-25(17-23)28(35)30(36-18-21-4-2-1-3-5-21)29(37-26)22-8-11-24(12-9-22)34-15-14-32-19-34/h1-5,8-15,17,19-20H,6-7,16,18H2,(H2,31,33). The maximum atomic E-state index is 13.7. The molecule has 0 bridgehead atoms. The minimum atomic E-state index is -0.247. The highest BCUT2D eigenvalue weighted by atomic mass is 16.5. The molecule has 6 rings (SSSR count). The molecule has 1 fully saturated rings. The molecule has 7 heteroatoms. The zero-order chi connectivity index (χ0) is 25.2. The first-order valence-electron chi connectivity index (χ1n) is 12.3. The second-order valence-electron chi connectivity index (χ2n) is 9.34. The van der Waals surface area contributed by atoms with Crippen LogP contribution in [0.25, 0.3) is 28.0 Å². The van der Waals surface area contributed by atoms with Crippen LogP contribution in [0.15, 0.2) is 101 Å². The van der Waals surface area contributed by atoms with E-state index < -0.39 is 0 Å². The summed E-state index contributed by atoms with van der Waals surface area (Å²) in [6.45, 7) is 0.237. The van der Waals surface area contributed by atoms with E-state index in [9.17, 15) is 4.79 Å². The molecule has 7 nitrogen and oxygen atoms in total. The number of anilines is 1. The minimum Gasteiger partial charge on any atom is -0.481 e. The molecule has 37 heavy (non-hydrogen) atoms. The molecule has 0 atom stereocenters. The van der Waals surface area contributed by atoms with Gasteiger partial charge in [-0.05, 0) is 66.8 Å². The molecule has 1 saturated carbocycles. The zero-order valence-corrected chi connectivity index (χ0v) is 20.2. The van der Waals surface area contributed by atoms with Crippen LogP contribution >= 0.6 is 0 Å². The van der Waals surface area contributed by atoms with Crippen molar-refractivity contribution in [1.82, 2.24) is 9.55 Å². The lowest BCUT2D eigenvalue weighted by molar-refractivity contribution is 0.298. The maximum Gasteiger partial charge on any atom is 0.235 e. The molecule has 184 valence electrons. The van der Waals surface area contributed by atoms with Crippen LogP contribution in [0.3, 0.4) is 0 Å². The van der Waals surface area contributed by atoms with Crippen LogP contribution in [0.5, 0.6) is 5.75 Å². The van der Waals surface area contributed by atoms with E-state index in [4.69, 9.17) is 14.6 Å². The summed E-state index contributed by atoms with van der Waals surface area (Å²) in [7, 11) is 0. The molecule has 2 heterocycles. The molecule has 1 aliphatic carbocycles. The van der Waals surface area contributed by atoms with Crippen molar-refractivity contribution >= 4 is 22.5 Å². The summed E-state index contributed by atoms with van der Waals surface area (Å²) in [5.41, 5.74) is 3.54. The van der Waals surface area contributed by atoms with Crippen LogP contribution in [0.1, 0.15) is 24.8 Å². The van der Waals surface area contributed by atoms with Gasteiger partial charge in [0.1, 0.15) is 12.2 Å². The van der Waals surface area contributed by atoms with Gasteiger partial charge in [-0.15, -0.1) is 0 Å². The maximum absolute atomic E-state index is 13.7. The Morgan fingerprint density at radius 1 is 1.08 bits per heavy atom. The van der Waals surface area contributed by atoms with Crippen molar-refractivity contribution in [3.8, 4) is 22.8 Å². The van der Waals surface area contributed by atoms with E-state index in [1.165, 1.54) is 12.8 Å². The predicted octanol–water partition coefficient (Wildman–Crippen LogP) is 6.41. The van der Waals surface area contributed by atoms with Gasteiger partial charge in [-0.2, -0.15) is 0 Å². The Hall–Kier alpha value is -4.65. The SMILES string of the molecule is N=C(CC1CC1)Nc1ccc2oc(-c3ccc(-n4ccnc4)cc3)c(OCc3ccccc3)c(=O)c2c1. The summed E-state index contributed by atoms with van der Waals surface area (Å²) in [6, 6.07) is 22.8. The van der Waals surface area contributed by atoms with Gasteiger partial charge in [0.15, 0.2) is 5.76 Å². The van der Waals surface area contributed by atoms with Crippen LogP contribution in [0.4, 0.5) is 5.69 Å². The molecule has 0 aliphatic heterocycles. The first-order chi connectivity index (χ1) is 18.1. The predicted molar refractivity (Wildman–Crippen MR) is 145 cm³/mol. The molecule has 0 spiro atoms. The van der Waals surface area contributed by atoms with Crippen LogP contribution in [-0.2, 0) is 6.61 Å². The Kier molecular flexibility index (Phi) is 6.02. The van der Waals surface area contributed by atoms with Crippen molar-refractivity contribution in [3.63, 3.8) is 0 Å². The molecular formula is C30H26N4O3. The van der Waals surface area contributed by atoms with E-state index in [2.05, 4.69) is 10.3 Å². The molecule has 5 aromatic rings. The number of hydrogen-bond acceptors (Lipinski definition) is 5. The van der Waals surface area contributed by atoms with Gasteiger partial charge < -0.3 is 19.0 Å². The number of imidazole rings is 1. The van der Waals surface area contributed by atoms with Crippen molar-refractivity contribution in [2.75, 3.05) is 5.32 Å². The number of rotatable bonds is 8. The molecule has 2 aromatic heterocycles. The molecule has 1 aliphatic rings. The molecular weight excluding hydrogens is 464 g/mol. The highest BCUT2D eigenvalue weighted by Gasteiger charge is 2.23. The zero-order valence-electron chi connectivity index (χ0n) is 20.2. The second kappa shape index (κ2) is 9.78. The van der Waals surface area contributed by atoms with E-state index in [-0.39, 0.29) is 17.8 Å². The Balaban J connectivity index is 1.39. The Morgan fingerprint density at radius 3 is 2.62 bits per heavy atom. The number of fused-ring (bicyclic) bond motifs is 1. The smallest absolute Gasteiger partial charge is 0.235 e. The minimum absolute atomic E-state index is 0.164.